The first-order chi connectivity index (χ1) is 15.2. The number of carbonyl (C=O) groups excluding carboxylic acids is 1. The number of aliphatic carboxylic acids is 1. The largest absolute Gasteiger partial charge is 0.507 e. The third-order valence-electron chi connectivity index (χ3n) is 5.27. The van der Waals surface area contributed by atoms with Crippen molar-refractivity contribution in [2.45, 2.75) is 45.8 Å². The van der Waals surface area contributed by atoms with Crippen molar-refractivity contribution in [2.24, 2.45) is 10.9 Å². The third kappa shape index (κ3) is 5.59. The maximum absolute atomic E-state index is 12.8. The molecule has 2 aromatic carbocycles. The molecule has 32 heavy (non-hydrogen) atoms. The van der Waals surface area contributed by atoms with Crippen molar-refractivity contribution in [1.82, 2.24) is 0 Å². The molecule has 0 aliphatic carbocycles. The van der Waals surface area contributed by atoms with Crippen LogP contribution in [0.25, 0.3) is 0 Å². The molecule has 2 atom stereocenters. The normalized spacial score (nSPS) is 17.7. The average Bonchev–Trinajstić information content (AvgIpc) is 3.15. The lowest BCUT2D eigenvalue weighted by Gasteiger charge is -2.21. The van der Waals surface area contributed by atoms with Gasteiger partial charge in [0.25, 0.3) is 0 Å². The van der Waals surface area contributed by atoms with E-state index in [2.05, 4.69) is 4.99 Å². The second kappa shape index (κ2) is 10.0. The average molecular weight is 460 g/mol. The number of phenols is 1. The van der Waals surface area contributed by atoms with Gasteiger partial charge in [-0.1, -0.05) is 25.4 Å². The molecule has 1 aliphatic rings. The molecule has 0 fully saturated rings. The highest BCUT2D eigenvalue weighted by molar-refractivity contribution is 6.30. The molecule has 0 aromatic heterocycles. The topological polar surface area (TPSA) is 105 Å². The summed E-state index contributed by atoms with van der Waals surface area (Å²) in [6.07, 6.45) is 0.562. The van der Waals surface area contributed by atoms with Crippen LogP contribution >= 0.6 is 11.6 Å². The number of aliphatic imine (C=N–C) groups is 1. The summed E-state index contributed by atoms with van der Waals surface area (Å²) >= 11 is 5.91. The number of benzene rings is 2. The van der Waals surface area contributed by atoms with Crippen molar-refractivity contribution < 1.29 is 29.3 Å². The summed E-state index contributed by atoms with van der Waals surface area (Å²) in [6.45, 7) is 5.39. The van der Waals surface area contributed by atoms with E-state index in [-0.39, 0.29) is 36.0 Å². The van der Waals surface area contributed by atoms with Gasteiger partial charge in [-0.05, 0) is 61.2 Å². The molecule has 2 unspecified atom stereocenters. The fourth-order valence-corrected chi connectivity index (χ4v) is 3.80. The second-order valence-corrected chi connectivity index (χ2v) is 8.55. The lowest BCUT2D eigenvalue weighted by molar-refractivity contribution is -0.139. The highest BCUT2D eigenvalue weighted by Gasteiger charge is 2.34. The predicted molar refractivity (Wildman–Crippen MR) is 121 cm³/mol. The molecule has 0 saturated heterocycles. The Hall–Kier alpha value is -3.06. The molecule has 7 nitrogen and oxygen atoms in total. The fourth-order valence-electron chi connectivity index (χ4n) is 3.64. The van der Waals surface area contributed by atoms with E-state index in [0.29, 0.717) is 39.8 Å². The van der Waals surface area contributed by atoms with Crippen LogP contribution in [0.4, 0.5) is 0 Å². The number of Topliss-reactive ketones (excluding diaryl/α,β-unsaturated/α-hetero) is 1. The number of nitrogens with zero attached hydrogens (tertiary/aromatic N) is 1. The molecule has 0 bridgehead atoms. The summed E-state index contributed by atoms with van der Waals surface area (Å²) in [7, 11) is 0. The number of ketones is 1. The van der Waals surface area contributed by atoms with E-state index in [9.17, 15) is 14.7 Å². The summed E-state index contributed by atoms with van der Waals surface area (Å²) < 4.78 is 11.2. The molecule has 2 aromatic rings. The molecule has 3 rings (SSSR count). The molecule has 1 heterocycles. The summed E-state index contributed by atoms with van der Waals surface area (Å²) in [5.74, 6) is -0.153. The number of aromatic hydroxyl groups is 1. The highest BCUT2D eigenvalue weighted by Crippen LogP contribution is 2.31. The van der Waals surface area contributed by atoms with Gasteiger partial charge in [-0.25, -0.2) is 9.79 Å². The van der Waals surface area contributed by atoms with Crippen LogP contribution in [-0.4, -0.2) is 46.6 Å². The molecule has 8 heteroatoms. The van der Waals surface area contributed by atoms with Gasteiger partial charge in [0.2, 0.25) is 5.90 Å². The molecule has 1 aliphatic heterocycles. The van der Waals surface area contributed by atoms with E-state index in [4.69, 9.17) is 26.2 Å². The first-order valence-electron chi connectivity index (χ1n) is 10.4. The molecular formula is C24H26ClNO6. The van der Waals surface area contributed by atoms with E-state index >= 15 is 0 Å². The number of carbonyl (C=O) groups is 2. The SMILES string of the molecule is Cc1cc(C(=O)CCC2N=C(c3ccc(Cl)cc3O)OC2C(C)C)ccc1OCC(=O)O. The minimum atomic E-state index is -1.06. The van der Waals surface area contributed by atoms with Crippen LogP contribution in [0.3, 0.4) is 0 Å². The van der Waals surface area contributed by atoms with E-state index in [1.165, 1.54) is 6.07 Å². The smallest absolute Gasteiger partial charge is 0.341 e. The quantitative estimate of drug-likeness (QED) is 0.529. The van der Waals surface area contributed by atoms with Crippen molar-refractivity contribution in [1.29, 1.82) is 0 Å². The van der Waals surface area contributed by atoms with Crippen molar-refractivity contribution in [2.75, 3.05) is 6.61 Å². The minimum absolute atomic E-state index is 0.00355. The molecule has 0 spiro atoms. The van der Waals surface area contributed by atoms with Gasteiger partial charge in [-0.15, -0.1) is 0 Å². The molecule has 0 saturated carbocycles. The summed E-state index contributed by atoms with van der Waals surface area (Å²) in [5, 5.41) is 19.4. The number of aryl methyl sites for hydroxylation is 1. The number of carboxylic acids is 1. The third-order valence-corrected chi connectivity index (χ3v) is 5.51. The Morgan fingerprint density at radius 1 is 1.22 bits per heavy atom. The Morgan fingerprint density at radius 2 is 1.97 bits per heavy atom. The van der Waals surface area contributed by atoms with Gasteiger partial charge in [-0.2, -0.15) is 0 Å². The summed E-state index contributed by atoms with van der Waals surface area (Å²) in [6, 6.07) is 9.50. The lowest BCUT2D eigenvalue weighted by Crippen LogP contribution is -2.28. The first kappa shape index (κ1) is 23.6. The Labute approximate surface area is 191 Å². The zero-order valence-electron chi connectivity index (χ0n) is 18.2. The first-order valence-corrected chi connectivity index (χ1v) is 10.7. The standard InChI is InChI=1S/C24H26ClNO6/c1-13(2)23-18(26-24(32-23)17-6-5-16(25)11-20(17)28)7-8-19(27)15-4-9-21(14(3)10-15)31-12-22(29)30/h4-6,9-11,13,18,23,28H,7-8,12H2,1-3H3,(H,29,30). The van der Waals surface area contributed by atoms with E-state index in [0.717, 1.165) is 0 Å². The van der Waals surface area contributed by atoms with Gasteiger partial charge in [0.15, 0.2) is 12.4 Å². The lowest BCUT2D eigenvalue weighted by atomic mass is 9.94. The Balaban J connectivity index is 1.70. The van der Waals surface area contributed by atoms with E-state index < -0.39 is 12.6 Å². The number of carboxylic acid groups (broad SMARTS) is 1. The second-order valence-electron chi connectivity index (χ2n) is 8.11. The van der Waals surface area contributed by atoms with Crippen molar-refractivity contribution in [3.05, 3.63) is 58.1 Å². The molecule has 0 radical (unpaired) electrons. The maximum Gasteiger partial charge on any atom is 0.341 e. The zero-order chi connectivity index (χ0) is 23.4. The number of hydrogen-bond donors (Lipinski definition) is 2. The maximum atomic E-state index is 12.8. The van der Waals surface area contributed by atoms with Crippen LogP contribution < -0.4 is 4.74 Å². The summed E-state index contributed by atoms with van der Waals surface area (Å²) in [4.78, 5) is 28.1. The van der Waals surface area contributed by atoms with Crippen molar-refractivity contribution in [3.8, 4) is 11.5 Å². The van der Waals surface area contributed by atoms with Gasteiger partial charge in [-0.3, -0.25) is 4.79 Å². The Bertz CT molecular complexity index is 1050. The van der Waals surface area contributed by atoms with Crippen molar-refractivity contribution >= 4 is 29.3 Å². The fraction of sp³-hybridized carbons (Fsp3) is 0.375. The van der Waals surface area contributed by atoms with Crippen LogP contribution in [0.1, 0.15) is 48.2 Å². The van der Waals surface area contributed by atoms with Gasteiger partial charge in [0.05, 0.1) is 11.6 Å². The number of halogens is 1. The van der Waals surface area contributed by atoms with Crippen LogP contribution in [0.2, 0.25) is 5.02 Å². The minimum Gasteiger partial charge on any atom is -0.507 e. The molecule has 2 N–H and O–H groups in total. The number of ether oxygens (including phenoxy) is 2. The zero-order valence-corrected chi connectivity index (χ0v) is 18.9. The van der Waals surface area contributed by atoms with Gasteiger partial charge >= 0.3 is 5.97 Å². The van der Waals surface area contributed by atoms with Gasteiger partial charge in [0.1, 0.15) is 17.6 Å². The van der Waals surface area contributed by atoms with Gasteiger partial charge < -0.3 is 19.7 Å². The van der Waals surface area contributed by atoms with Crippen molar-refractivity contribution in [3.63, 3.8) is 0 Å². The van der Waals surface area contributed by atoms with E-state index in [1.54, 1.807) is 37.3 Å². The predicted octanol–water partition coefficient (Wildman–Crippen LogP) is 4.65. The molecule has 170 valence electrons. The molecular weight excluding hydrogens is 434 g/mol. The van der Waals surface area contributed by atoms with Crippen LogP contribution in [0, 0.1) is 12.8 Å². The summed E-state index contributed by atoms with van der Waals surface area (Å²) in [5.41, 5.74) is 1.70. The number of rotatable bonds is 9. The Morgan fingerprint density at radius 3 is 2.59 bits per heavy atom. The van der Waals surface area contributed by atoms with Crippen LogP contribution in [-0.2, 0) is 9.53 Å². The van der Waals surface area contributed by atoms with Crippen LogP contribution in [0.15, 0.2) is 41.4 Å². The van der Waals surface area contributed by atoms with E-state index in [1.807, 2.05) is 13.8 Å². The van der Waals surface area contributed by atoms with Crippen LogP contribution in [0.5, 0.6) is 11.5 Å². The number of hydrogen-bond acceptors (Lipinski definition) is 6. The highest BCUT2D eigenvalue weighted by atomic mass is 35.5. The van der Waals surface area contributed by atoms with Gasteiger partial charge in [0, 0.05) is 17.0 Å². The monoisotopic (exact) mass is 459 g/mol. The molecule has 0 amide bonds. The number of phenolic OH excluding ortho intramolecular Hbond substituents is 1. The Kier molecular flexibility index (Phi) is 7.40.